The van der Waals surface area contributed by atoms with E-state index in [2.05, 4.69) is 27.0 Å². The first-order chi connectivity index (χ1) is 11.8. The molecule has 122 valence electrons. The molecule has 0 N–H and O–H groups in total. The first-order valence-corrected chi connectivity index (χ1v) is 8.08. The lowest BCUT2D eigenvalue weighted by molar-refractivity contribution is 0.414. The van der Waals surface area contributed by atoms with Crippen LogP contribution in [0.3, 0.4) is 0 Å². The summed E-state index contributed by atoms with van der Waals surface area (Å²) in [5.74, 6) is 1.34. The maximum atomic E-state index is 14.0. The Balaban J connectivity index is 1.76. The van der Waals surface area contributed by atoms with Gasteiger partial charge in [-0.2, -0.15) is 0 Å². The van der Waals surface area contributed by atoms with Crippen LogP contribution in [-0.2, 0) is 0 Å². The molecule has 1 aliphatic heterocycles. The minimum Gasteiger partial charge on any atom is -0.497 e. The molecular weight excluding hydrogens is 305 g/mol. The molecule has 4 nitrogen and oxygen atoms in total. The molecule has 24 heavy (non-hydrogen) atoms. The average Bonchev–Trinajstić information content (AvgIpc) is 3.11. The number of aromatic nitrogens is 2. The fourth-order valence-electron chi connectivity index (χ4n) is 3.46. The van der Waals surface area contributed by atoms with Crippen LogP contribution in [0, 0.1) is 5.82 Å². The van der Waals surface area contributed by atoms with Crippen LogP contribution in [-0.4, -0.2) is 23.6 Å². The van der Waals surface area contributed by atoms with Crippen LogP contribution in [0.15, 0.2) is 48.8 Å². The molecule has 2 aromatic carbocycles. The number of benzene rings is 2. The third-order valence-corrected chi connectivity index (χ3v) is 4.62. The van der Waals surface area contributed by atoms with E-state index in [9.17, 15) is 4.39 Å². The van der Waals surface area contributed by atoms with Crippen LogP contribution in [0.1, 0.15) is 24.4 Å². The number of methoxy groups -OCH3 is 1. The van der Waals surface area contributed by atoms with Crippen molar-refractivity contribution >= 4 is 16.7 Å². The van der Waals surface area contributed by atoms with E-state index in [1.807, 2.05) is 18.2 Å². The van der Waals surface area contributed by atoms with E-state index in [0.717, 1.165) is 36.3 Å². The fourth-order valence-corrected chi connectivity index (χ4v) is 3.46. The number of hydrogen-bond donors (Lipinski definition) is 0. The normalized spacial score (nSPS) is 17.4. The lowest BCUT2D eigenvalue weighted by Gasteiger charge is -2.27. The van der Waals surface area contributed by atoms with Crippen molar-refractivity contribution in [3.05, 3.63) is 60.2 Å². The summed E-state index contributed by atoms with van der Waals surface area (Å²) in [6.45, 7) is 0.902. The van der Waals surface area contributed by atoms with Crippen molar-refractivity contribution in [3.8, 4) is 5.75 Å². The van der Waals surface area contributed by atoms with Crippen molar-refractivity contribution in [1.29, 1.82) is 0 Å². The van der Waals surface area contributed by atoms with Crippen molar-refractivity contribution in [3.63, 3.8) is 0 Å². The van der Waals surface area contributed by atoms with Crippen LogP contribution in [0.5, 0.6) is 5.75 Å². The Bertz CT molecular complexity index is 866. The summed E-state index contributed by atoms with van der Waals surface area (Å²) in [5, 5.41) is 0.762. The average molecular weight is 323 g/mol. The molecule has 1 aromatic heterocycles. The molecule has 5 heteroatoms. The maximum Gasteiger partial charge on any atom is 0.149 e. The summed E-state index contributed by atoms with van der Waals surface area (Å²) < 4.78 is 19.3. The monoisotopic (exact) mass is 323 g/mol. The zero-order chi connectivity index (χ0) is 16.5. The second-order valence-electron chi connectivity index (χ2n) is 5.96. The van der Waals surface area contributed by atoms with Crippen LogP contribution >= 0.6 is 0 Å². The Hall–Kier alpha value is -2.69. The largest absolute Gasteiger partial charge is 0.497 e. The number of rotatable bonds is 3. The molecule has 0 spiro atoms. The molecule has 1 fully saturated rings. The predicted molar refractivity (Wildman–Crippen MR) is 91.8 cm³/mol. The third-order valence-electron chi connectivity index (χ3n) is 4.62. The number of fused-ring (bicyclic) bond motifs is 1. The van der Waals surface area contributed by atoms with Gasteiger partial charge in [-0.3, -0.25) is 0 Å². The fraction of sp³-hybridized carbons (Fsp3) is 0.263. The lowest BCUT2D eigenvalue weighted by atomic mass is 10.0. The highest BCUT2D eigenvalue weighted by Crippen LogP contribution is 2.38. The van der Waals surface area contributed by atoms with Crippen molar-refractivity contribution in [2.45, 2.75) is 18.9 Å². The van der Waals surface area contributed by atoms with Crippen LogP contribution in [0.2, 0.25) is 0 Å². The van der Waals surface area contributed by atoms with Gasteiger partial charge in [0.1, 0.15) is 29.2 Å². The van der Waals surface area contributed by atoms with E-state index < -0.39 is 0 Å². The summed E-state index contributed by atoms with van der Waals surface area (Å²) in [7, 11) is 1.67. The summed E-state index contributed by atoms with van der Waals surface area (Å²) in [4.78, 5) is 10.8. The van der Waals surface area contributed by atoms with Crippen molar-refractivity contribution < 1.29 is 9.13 Å². The maximum absolute atomic E-state index is 14.0. The van der Waals surface area contributed by atoms with Gasteiger partial charge in [0.15, 0.2) is 0 Å². The van der Waals surface area contributed by atoms with Crippen molar-refractivity contribution in [2.24, 2.45) is 0 Å². The third kappa shape index (κ3) is 2.46. The second-order valence-corrected chi connectivity index (χ2v) is 5.96. The van der Waals surface area contributed by atoms with Crippen LogP contribution in [0.4, 0.5) is 10.2 Å². The molecule has 1 atom stereocenters. The van der Waals surface area contributed by atoms with E-state index in [4.69, 9.17) is 4.74 Å². The van der Waals surface area contributed by atoms with Crippen molar-refractivity contribution in [2.75, 3.05) is 18.6 Å². The predicted octanol–water partition coefficient (Wildman–Crippen LogP) is 4.12. The van der Waals surface area contributed by atoms with E-state index >= 15 is 0 Å². The quantitative estimate of drug-likeness (QED) is 0.727. The first kappa shape index (κ1) is 14.9. The van der Waals surface area contributed by atoms with Gasteiger partial charge in [0.05, 0.1) is 13.2 Å². The van der Waals surface area contributed by atoms with E-state index in [1.165, 1.54) is 18.0 Å². The first-order valence-electron chi connectivity index (χ1n) is 8.08. The Kier molecular flexibility index (Phi) is 3.76. The Morgan fingerprint density at radius 1 is 1.12 bits per heavy atom. The van der Waals surface area contributed by atoms with Crippen molar-refractivity contribution in [1.82, 2.24) is 9.97 Å². The molecule has 0 bridgehead atoms. The number of halogens is 1. The summed E-state index contributed by atoms with van der Waals surface area (Å²) in [6.07, 6.45) is 3.58. The minimum absolute atomic E-state index is 0.234. The number of para-hydroxylation sites is 1. The molecular formula is C19H18FN3O. The van der Waals surface area contributed by atoms with Gasteiger partial charge >= 0.3 is 0 Å². The van der Waals surface area contributed by atoms with Gasteiger partial charge in [0, 0.05) is 11.9 Å². The number of nitrogens with zero attached hydrogens (tertiary/aromatic N) is 3. The highest BCUT2D eigenvalue weighted by Gasteiger charge is 2.28. The highest BCUT2D eigenvalue weighted by atomic mass is 19.1. The zero-order valence-electron chi connectivity index (χ0n) is 13.4. The second kappa shape index (κ2) is 6.07. The summed E-state index contributed by atoms with van der Waals surface area (Å²) >= 11 is 0. The molecule has 0 aliphatic carbocycles. The molecule has 0 saturated carbocycles. The zero-order valence-corrected chi connectivity index (χ0v) is 13.4. The van der Waals surface area contributed by atoms with Gasteiger partial charge in [-0.05, 0) is 42.7 Å². The molecule has 0 amide bonds. The number of hydrogen-bond acceptors (Lipinski definition) is 4. The molecule has 2 heterocycles. The highest BCUT2D eigenvalue weighted by molar-refractivity contribution is 5.89. The number of anilines is 1. The molecule has 1 aliphatic rings. The Labute approximate surface area is 139 Å². The van der Waals surface area contributed by atoms with E-state index in [1.54, 1.807) is 13.2 Å². The minimum atomic E-state index is -0.309. The summed E-state index contributed by atoms with van der Waals surface area (Å²) in [6, 6.07) is 13.4. The molecule has 1 saturated heterocycles. The molecule has 3 aromatic rings. The lowest BCUT2D eigenvalue weighted by Crippen LogP contribution is -2.24. The molecule has 0 radical (unpaired) electrons. The SMILES string of the molecule is COc1ccc(C2CCCN2c2ncnc3c(F)cccc23)cc1. The Morgan fingerprint density at radius 3 is 2.75 bits per heavy atom. The topological polar surface area (TPSA) is 38.2 Å². The number of ether oxygens (including phenoxy) is 1. The van der Waals surface area contributed by atoms with Gasteiger partial charge in [-0.25, -0.2) is 14.4 Å². The van der Waals surface area contributed by atoms with E-state index in [-0.39, 0.29) is 11.9 Å². The van der Waals surface area contributed by atoms with Gasteiger partial charge in [0.2, 0.25) is 0 Å². The standard InChI is InChI=1S/C19H18FN3O/c1-24-14-9-7-13(8-10-14)17-6-3-11-23(17)19-15-4-2-5-16(20)18(15)21-12-22-19/h2,4-5,7-10,12,17H,3,6,11H2,1H3. The Morgan fingerprint density at radius 2 is 1.96 bits per heavy atom. The van der Waals surface area contributed by atoms with Crippen LogP contribution < -0.4 is 9.64 Å². The van der Waals surface area contributed by atoms with Gasteiger partial charge in [0.25, 0.3) is 0 Å². The van der Waals surface area contributed by atoms with Gasteiger partial charge in [-0.15, -0.1) is 0 Å². The molecule has 4 rings (SSSR count). The van der Waals surface area contributed by atoms with Gasteiger partial charge in [-0.1, -0.05) is 18.2 Å². The van der Waals surface area contributed by atoms with Gasteiger partial charge < -0.3 is 9.64 Å². The smallest absolute Gasteiger partial charge is 0.149 e. The molecule has 1 unspecified atom stereocenters. The van der Waals surface area contributed by atoms with E-state index in [0.29, 0.717) is 5.52 Å². The van der Waals surface area contributed by atoms with Crippen LogP contribution in [0.25, 0.3) is 10.9 Å². The summed E-state index contributed by atoms with van der Waals surface area (Å²) in [5.41, 5.74) is 1.60.